The van der Waals surface area contributed by atoms with Crippen molar-refractivity contribution in [3.63, 3.8) is 0 Å². The van der Waals surface area contributed by atoms with Crippen LogP contribution in [0.3, 0.4) is 0 Å². The maximum Gasteiger partial charge on any atom is 0.327 e. The highest BCUT2D eigenvalue weighted by molar-refractivity contribution is 5.77. The highest BCUT2D eigenvalue weighted by Gasteiger charge is 2.37. The van der Waals surface area contributed by atoms with Gasteiger partial charge in [-0.3, -0.25) is 19.9 Å². The van der Waals surface area contributed by atoms with E-state index in [-0.39, 0.29) is 17.7 Å². The first-order valence-electron chi connectivity index (χ1n) is 12.8. The van der Waals surface area contributed by atoms with Crippen molar-refractivity contribution in [3.8, 4) is 0 Å². The van der Waals surface area contributed by atoms with Crippen LogP contribution in [0.1, 0.15) is 48.9 Å². The zero-order valence-corrected chi connectivity index (χ0v) is 21.7. The van der Waals surface area contributed by atoms with Crippen LogP contribution in [-0.2, 0) is 9.53 Å². The largest absolute Gasteiger partial charge is 0.468 e. The lowest BCUT2D eigenvalue weighted by atomic mass is 9.95. The number of nitrogens with zero attached hydrogens (tertiary/aromatic N) is 5. The van der Waals surface area contributed by atoms with Gasteiger partial charge in [-0.25, -0.2) is 9.78 Å². The van der Waals surface area contributed by atoms with E-state index in [2.05, 4.69) is 26.6 Å². The number of carbonyl (C=O) groups is 1. The molecule has 9 nitrogen and oxygen atoms in total. The second-order valence-corrected chi connectivity index (χ2v) is 9.94. The van der Waals surface area contributed by atoms with Crippen LogP contribution in [0, 0.1) is 24.0 Å². The average Bonchev–Trinajstić information content (AvgIpc) is 2.89. The molecule has 2 aliphatic heterocycles. The minimum Gasteiger partial charge on any atom is -0.468 e. The van der Waals surface area contributed by atoms with Crippen molar-refractivity contribution in [1.29, 1.82) is 0 Å². The van der Waals surface area contributed by atoms with Crippen molar-refractivity contribution in [2.75, 3.05) is 44.7 Å². The van der Waals surface area contributed by atoms with E-state index >= 15 is 0 Å². The fraction of sp³-hybridized carbons (Fsp3) is 0.556. The van der Waals surface area contributed by atoms with Gasteiger partial charge >= 0.3 is 5.97 Å². The Bertz CT molecular complexity index is 1070. The van der Waals surface area contributed by atoms with Gasteiger partial charge in [-0.05, 0) is 44.2 Å². The first kappa shape index (κ1) is 26.0. The molecule has 36 heavy (non-hydrogen) atoms. The highest BCUT2D eigenvalue weighted by atomic mass is 16.6. The molecule has 0 amide bonds. The van der Waals surface area contributed by atoms with Gasteiger partial charge in [0.1, 0.15) is 18.1 Å². The van der Waals surface area contributed by atoms with Crippen LogP contribution in [0.25, 0.3) is 0 Å². The Balaban J connectivity index is 1.41. The molecule has 9 heteroatoms. The summed E-state index contributed by atoms with van der Waals surface area (Å²) in [6.07, 6.45) is 4.39. The number of rotatable bonds is 7. The van der Waals surface area contributed by atoms with Crippen molar-refractivity contribution < 1.29 is 14.5 Å². The van der Waals surface area contributed by atoms with E-state index < -0.39 is 4.92 Å². The molecule has 0 bridgehead atoms. The Hall–Kier alpha value is -3.04. The van der Waals surface area contributed by atoms with E-state index in [0.29, 0.717) is 12.1 Å². The normalized spacial score (nSPS) is 20.8. The van der Waals surface area contributed by atoms with Crippen molar-refractivity contribution in [1.82, 2.24) is 14.8 Å². The van der Waals surface area contributed by atoms with Crippen molar-refractivity contribution in [3.05, 3.63) is 63.3 Å². The molecule has 194 valence electrons. The van der Waals surface area contributed by atoms with Gasteiger partial charge in [0.25, 0.3) is 5.69 Å². The second kappa shape index (κ2) is 11.3. The van der Waals surface area contributed by atoms with Crippen LogP contribution in [0.5, 0.6) is 0 Å². The lowest BCUT2D eigenvalue weighted by Crippen LogP contribution is -2.59. The third kappa shape index (κ3) is 5.52. The van der Waals surface area contributed by atoms with Crippen molar-refractivity contribution >= 4 is 17.5 Å². The Morgan fingerprint density at radius 3 is 2.44 bits per heavy atom. The molecular formula is C27H37N5O4. The topological polar surface area (TPSA) is 92.0 Å². The number of nitro groups is 1. The van der Waals surface area contributed by atoms with Crippen LogP contribution in [0.15, 0.2) is 36.5 Å². The van der Waals surface area contributed by atoms with Crippen LogP contribution in [0.4, 0.5) is 11.5 Å². The Morgan fingerprint density at radius 2 is 1.86 bits per heavy atom. The number of aryl methyl sites for hydroxylation is 2. The van der Waals surface area contributed by atoms with Crippen LogP contribution < -0.4 is 4.90 Å². The number of hydrogen-bond donors (Lipinski definition) is 0. The third-order valence-electron chi connectivity index (χ3n) is 7.70. The fourth-order valence-corrected chi connectivity index (χ4v) is 5.72. The first-order valence-corrected chi connectivity index (χ1v) is 12.8. The maximum atomic E-state index is 12.7. The number of methoxy groups -OCH3 is 1. The molecule has 2 atom stereocenters. The number of likely N-dealkylation sites (tertiary alicyclic amines) is 1. The summed E-state index contributed by atoms with van der Waals surface area (Å²) in [6.45, 7) is 10.5. The molecule has 1 aromatic heterocycles. The molecule has 1 aromatic carbocycles. The highest BCUT2D eigenvalue weighted by Crippen LogP contribution is 2.31. The van der Waals surface area contributed by atoms with E-state index in [0.717, 1.165) is 68.9 Å². The summed E-state index contributed by atoms with van der Waals surface area (Å²) in [6, 6.07) is 10.3. The number of piperidine rings is 1. The third-order valence-corrected chi connectivity index (χ3v) is 7.70. The fourth-order valence-electron chi connectivity index (χ4n) is 5.72. The molecule has 0 saturated carbocycles. The predicted molar refractivity (Wildman–Crippen MR) is 139 cm³/mol. The summed E-state index contributed by atoms with van der Waals surface area (Å²) in [5.41, 5.74) is 3.03. The number of aromatic nitrogens is 1. The van der Waals surface area contributed by atoms with Gasteiger partial charge in [0.05, 0.1) is 12.0 Å². The number of pyridine rings is 1. The molecule has 0 N–H and O–H groups in total. The van der Waals surface area contributed by atoms with Gasteiger partial charge in [0, 0.05) is 50.9 Å². The number of piperazine rings is 1. The summed E-state index contributed by atoms with van der Waals surface area (Å²) in [5, 5.41) is 11.1. The van der Waals surface area contributed by atoms with E-state index in [1.54, 1.807) is 6.07 Å². The number of hydrogen-bond acceptors (Lipinski definition) is 8. The molecule has 2 aromatic rings. The lowest BCUT2D eigenvalue weighted by Gasteiger charge is -2.48. The predicted octanol–water partition coefficient (Wildman–Crippen LogP) is 3.89. The average molecular weight is 496 g/mol. The lowest BCUT2D eigenvalue weighted by molar-refractivity contribution is -0.385. The molecule has 0 spiro atoms. The van der Waals surface area contributed by atoms with Crippen LogP contribution in [-0.4, -0.2) is 77.6 Å². The van der Waals surface area contributed by atoms with E-state index in [1.807, 2.05) is 38.1 Å². The van der Waals surface area contributed by atoms with Crippen LogP contribution in [0.2, 0.25) is 0 Å². The zero-order valence-electron chi connectivity index (χ0n) is 21.7. The number of esters is 1. The number of carbonyl (C=O) groups excluding carboxylic acids is 1. The minimum atomic E-state index is -0.396. The summed E-state index contributed by atoms with van der Waals surface area (Å²) in [5.74, 6) is 0.635. The van der Waals surface area contributed by atoms with E-state index in [1.165, 1.54) is 18.9 Å². The number of anilines is 1. The summed E-state index contributed by atoms with van der Waals surface area (Å²) < 4.78 is 5.17. The smallest absolute Gasteiger partial charge is 0.327 e. The molecule has 0 radical (unpaired) electrons. The number of benzene rings is 1. The van der Waals surface area contributed by atoms with Crippen molar-refractivity contribution in [2.24, 2.45) is 0 Å². The molecule has 2 unspecified atom stereocenters. The zero-order chi connectivity index (χ0) is 25.8. The van der Waals surface area contributed by atoms with Gasteiger partial charge < -0.3 is 9.64 Å². The minimum absolute atomic E-state index is 0.0320. The second-order valence-electron chi connectivity index (χ2n) is 9.94. The summed E-state index contributed by atoms with van der Waals surface area (Å²) in [4.78, 5) is 35.0. The van der Waals surface area contributed by atoms with Gasteiger partial charge in [0.2, 0.25) is 0 Å². The maximum absolute atomic E-state index is 12.7. The standard InChI is InChI=1S/C27H37N5O4/c1-5-22-18-30(26-20(3)16-24(17-28-26)32(34)35)14-15-31(22)23-10-12-29(13-11-23)25(27(33)36-4)21-8-6-19(2)7-9-21/h6-9,16-17,22-23,25H,5,10-15,18H2,1-4H3. The SMILES string of the molecule is CCC1CN(c2ncc([N+](=O)[O-])cc2C)CCN1C1CCN(C(C(=O)OC)c2ccc(C)cc2)CC1. The first-order chi connectivity index (χ1) is 17.3. The summed E-state index contributed by atoms with van der Waals surface area (Å²) in [7, 11) is 1.46. The molecule has 0 aliphatic carbocycles. The molecule has 2 fully saturated rings. The Morgan fingerprint density at radius 1 is 1.17 bits per heavy atom. The Labute approximate surface area is 213 Å². The van der Waals surface area contributed by atoms with Gasteiger partial charge in [-0.2, -0.15) is 0 Å². The monoisotopic (exact) mass is 495 g/mol. The summed E-state index contributed by atoms with van der Waals surface area (Å²) >= 11 is 0. The van der Waals surface area contributed by atoms with Crippen molar-refractivity contribution in [2.45, 2.75) is 58.2 Å². The molecule has 2 saturated heterocycles. The molecular weight excluding hydrogens is 458 g/mol. The molecule has 3 heterocycles. The Kier molecular flexibility index (Phi) is 8.21. The van der Waals surface area contributed by atoms with E-state index in [4.69, 9.17) is 4.74 Å². The van der Waals surface area contributed by atoms with Gasteiger partial charge in [-0.1, -0.05) is 36.8 Å². The molecule has 4 rings (SSSR count). The van der Waals surface area contributed by atoms with Crippen LogP contribution >= 0.6 is 0 Å². The van der Waals surface area contributed by atoms with Gasteiger partial charge in [0.15, 0.2) is 0 Å². The van der Waals surface area contributed by atoms with Gasteiger partial charge in [-0.15, -0.1) is 0 Å². The van der Waals surface area contributed by atoms with E-state index in [9.17, 15) is 14.9 Å². The quantitative estimate of drug-likeness (QED) is 0.325. The number of ether oxygens (including phenoxy) is 1. The molecule has 2 aliphatic rings.